The normalized spacial score (nSPS) is 15.7. The van der Waals surface area contributed by atoms with Crippen molar-refractivity contribution in [3.63, 3.8) is 0 Å². The number of nitrogens with one attached hydrogen (secondary N) is 1. The van der Waals surface area contributed by atoms with Gasteiger partial charge < -0.3 is 19.7 Å². The van der Waals surface area contributed by atoms with Gasteiger partial charge in [0.15, 0.2) is 11.5 Å². The van der Waals surface area contributed by atoms with E-state index in [0.29, 0.717) is 41.1 Å². The molecule has 29 heavy (non-hydrogen) atoms. The third-order valence-corrected chi connectivity index (χ3v) is 5.33. The van der Waals surface area contributed by atoms with Crippen LogP contribution in [0.2, 0.25) is 5.02 Å². The molecule has 0 bridgehead atoms. The number of amides is 1. The third-order valence-electron chi connectivity index (χ3n) is 5.01. The number of nitrogens with zero attached hydrogens (tertiary/aromatic N) is 2. The molecule has 0 aliphatic carbocycles. The molecule has 0 radical (unpaired) electrons. The van der Waals surface area contributed by atoms with Gasteiger partial charge in [-0.25, -0.2) is 0 Å². The second-order valence-electron chi connectivity index (χ2n) is 6.94. The van der Waals surface area contributed by atoms with Crippen molar-refractivity contribution in [3.8, 4) is 11.5 Å². The molecule has 2 aromatic rings. The van der Waals surface area contributed by atoms with E-state index in [4.69, 9.17) is 21.1 Å². The maximum absolute atomic E-state index is 13.1. The molecule has 2 aromatic carbocycles. The average Bonchev–Trinajstić information content (AvgIpc) is 2.74. The van der Waals surface area contributed by atoms with Gasteiger partial charge in [0.05, 0.1) is 26.9 Å². The van der Waals surface area contributed by atoms with Gasteiger partial charge in [0, 0.05) is 37.4 Å². The molecule has 9 heteroatoms. The van der Waals surface area contributed by atoms with E-state index in [1.807, 2.05) is 0 Å². The molecule has 0 spiro atoms. The number of piperidine rings is 1. The number of benzene rings is 2. The van der Waals surface area contributed by atoms with Crippen molar-refractivity contribution in [1.29, 1.82) is 0 Å². The van der Waals surface area contributed by atoms with E-state index in [1.165, 1.54) is 12.1 Å². The van der Waals surface area contributed by atoms with E-state index in [1.54, 1.807) is 18.2 Å². The first kappa shape index (κ1) is 19.3. The monoisotopic (exact) mass is 417 g/mol. The number of rotatable bonds is 4. The molecule has 8 nitrogen and oxygen atoms in total. The van der Waals surface area contributed by atoms with Gasteiger partial charge in [-0.15, -0.1) is 0 Å². The lowest BCUT2D eigenvalue weighted by Crippen LogP contribution is -2.31. The Balaban J connectivity index is 1.67. The van der Waals surface area contributed by atoms with Gasteiger partial charge in [-0.3, -0.25) is 14.9 Å². The highest BCUT2D eigenvalue weighted by molar-refractivity contribution is 6.34. The van der Waals surface area contributed by atoms with E-state index in [9.17, 15) is 14.9 Å². The predicted octanol–water partition coefficient (Wildman–Crippen LogP) is 4.26. The molecule has 2 heterocycles. The minimum Gasteiger partial charge on any atom is -0.486 e. The zero-order valence-electron chi connectivity index (χ0n) is 15.7. The minimum atomic E-state index is -0.506. The standard InChI is InChI=1S/C20H20ClN3O5/c21-15-11-18-19(29-9-8-28-18)12-16(15)22-20(25)14-10-13(24(26)27)4-5-17(14)23-6-2-1-3-7-23/h4-5,10-12H,1-3,6-9H2,(H,22,25). The van der Waals surface area contributed by atoms with E-state index >= 15 is 0 Å². The van der Waals surface area contributed by atoms with E-state index in [0.717, 1.165) is 32.4 Å². The Kier molecular flexibility index (Phi) is 5.44. The number of anilines is 2. The molecule has 0 atom stereocenters. The number of halogens is 1. The van der Waals surface area contributed by atoms with Crippen LogP contribution in [0.15, 0.2) is 30.3 Å². The van der Waals surface area contributed by atoms with Crippen molar-refractivity contribution < 1.29 is 19.2 Å². The van der Waals surface area contributed by atoms with Crippen LogP contribution in [0.25, 0.3) is 0 Å². The van der Waals surface area contributed by atoms with Crippen LogP contribution in [0.4, 0.5) is 17.1 Å². The summed E-state index contributed by atoms with van der Waals surface area (Å²) >= 11 is 6.29. The molecule has 2 aliphatic rings. The Morgan fingerprint density at radius 1 is 1.07 bits per heavy atom. The van der Waals surface area contributed by atoms with Gasteiger partial charge in [-0.2, -0.15) is 0 Å². The smallest absolute Gasteiger partial charge is 0.270 e. The molecule has 0 aromatic heterocycles. The summed E-state index contributed by atoms with van der Waals surface area (Å²) in [5.74, 6) is 0.544. The van der Waals surface area contributed by atoms with Crippen LogP contribution in [0.3, 0.4) is 0 Å². The number of hydrogen-bond donors (Lipinski definition) is 1. The van der Waals surface area contributed by atoms with Crippen molar-refractivity contribution >= 4 is 34.6 Å². The number of fused-ring (bicyclic) bond motifs is 1. The van der Waals surface area contributed by atoms with Crippen molar-refractivity contribution in [2.24, 2.45) is 0 Å². The number of nitro groups is 1. The molecular weight excluding hydrogens is 398 g/mol. The van der Waals surface area contributed by atoms with Crippen LogP contribution >= 0.6 is 11.6 Å². The zero-order chi connectivity index (χ0) is 20.4. The summed E-state index contributed by atoms with van der Waals surface area (Å²) in [4.78, 5) is 25.9. The van der Waals surface area contributed by atoms with Crippen LogP contribution in [0.5, 0.6) is 11.5 Å². The Morgan fingerprint density at radius 3 is 2.45 bits per heavy atom. The first-order valence-corrected chi connectivity index (χ1v) is 9.84. The molecule has 1 fully saturated rings. The van der Waals surface area contributed by atoms with Crippen LogP contribution in [0, 0.1) is 10.1 Å². The average molecular weight is 418 g/mol. The maximum atomic E-state index is 13.1. The fraction of sp³-hybridized carbons (Fsp3) is 0.350. The number of carbonyl (C=O) groups is 1. The van der Waals surface area contributed by atoms with Crippen molar-refractivity contribution in [3.05, 3.63) is 51.0 Å². The number of hydrogen-bond acceptors (Lipinski definition) is 6. The zero-order valence-corrected chi connectivity index (χ0v) is 16.4. The first-order valence-electron chi connectivity index (χ1n) is 9.47. The second-order valence-corrected chi connectivity index (χ2v) is 7.34. The summed E-state index contributed by atoms with van der Waals surface area (Å²) in [5.41, 5.74) is 1.15. The summed E-state index contributed by atoms with van der Waals surface area (Å²) < 4.78 is 11.0. The van der Waals surface area contributed by atoms with Gasteiger partial charge in [0.1, 0.15) is 13.2 Å². The summed E-state index contributed by atoms with van der Waals surface area (Å²) in [6.07, 6.45) is 3.18. The minimum absolute atomic E-state index is 0.135. The van der Waals surface area contributed by atoms with E-state index in [2.05, 4.69) is 10.2 Å². The fourth-order valence-electron chi connectivity index (χ4n) is 3.58. The van der Waals surface area contributed by atoms with Crippen LogP contribution in [-0.4, -0.2) is 37.1 Å². The van der Waals surface area contributed by atoms with Gasteiger partial charge >= 0.3 is 0 Å². The highest BCUT2D eigenvalue weighted by Gasteiger charge is 2.23. The topological polar surface area (TPSA) is 93.9 Å². The van der Waals surface area contributed by atoms with Crippen LogP contribution < -0.4 is 19.7 Å². The SMILES string of the molecule is O=C(Nc1cc2c(cc1Cl)OCCO2)c1cc([N+](=O)[O-])ccc1N1CCCCC1. The van der Waals surface area contributed by atoms with E-state index in [-0.39, 0.29) is 11.3 Å². The maximum Gasteiger partial charge on any atom is 0.270 e. The fourth-order valence-corrected chi connectivity index (χ4v) is 3.78. The van der Waals surface area contributed by atoms with Gasteiger partial charge in [-0.1, -0.05) is 11.6 Å². The van der Waals surface area contributed by atoms with Crippen molar-refractivity contribution in [1.82, 2.24) is 0 Å². The second kappa shape index (κ2) is 8.16. The Hall–Kier alpha value is -3.00. The number of nitro benzene ring substituents is 1. The lowest BCUT2D eigenvalue weighted by Gasteiger charge is -2.30. The summed E-state index contributed by atoms with van der Waals surface area (Å²) in [6.45, 7) is 2.46. The Morgan fingerprint density at radius 2 is 1.76 bits per heavy atom. The summed E-state index contributed by atoms with van der Waals surface area (Å²) in [7, 11) is 0. The molecule has 1 saturated heterocycles. The molecule has 2 aliphatic heterocycles. The highest BCUT2D eigenvalue weighted by atomic mass is 35.5. The lowest BCUT2D eigenvalue weighted by molar-refractivity contribution is -0.384. The number of carbonyl (C=O) groups excluding carboxylic acids is 1. The third kappa shape index (κ3) is 4.07. The molecule has 0 saturated carbocycles. The van der Waals surface area contributed by atoms with Crippen molar-refractivity contribution in [2.45, 2.75) is 19.3 Å². The lowest BCUT2D eigenvalue weighted by atomic mass is 10.1. The first-order chi connectivity index (χ1) is 14.0. The predicted molar refractivity (Wildman–Crippen MR) is 110 cm³/mol. The Labute approximate surface area is 172 Å². The molecule has 152 valence electrons. The Bertz CT molecular complexity index is 959. The van der Waals surface area contributed by atoms with Gasteiger partial charge in [0.25, 0.3) is 11.6 Å². The van der Waals surface area contributed by atoms with Crippen LogP contribution in [0.1, 0.15) is 29.6 Å². The molecule has 4 rings (SSSR count). The quantitative estimate of drug-likeness (QED) is 0.590. The summed E-state index contributed by atoms with van der Waals surface area (Å²) in [6, 6.07) is 7.57. The molecule has 0 unspecified atom stereocenters. The van der Waals surface area contributed by atoms with Crippen LogP contribution in [-0.2, 0) is 0 Å². The number of ether oxygens (including phenoxy) is 2. The molecule has 1 N–H and O–H groups in total. The van der Waals surface area contributed by atoms with E-state index < -0.39 is 10.8 Å². The van der Waals surface area contributed by atoms with Crippen molar-refractivity contribution in [2.75, 3.05) is 36.5 Å². The largest absolute Gasteiger partial charge is 0.486 e. The van der Waals surface area contributed by atoms with Gasteiger partial charge in [-0.05, 0) is 25.3 Å². The highest BCUT2D eigenvalue weighted by Crippen LogP contribution is 2.38. The summed E-state index contributed by atoms with van der Waals surface area (Å²) in [5, 5.41) is 14.3. The molecular formula is C20H20ClN3O5. The molecule has 1 amide bonds. The van der Waals surface area contributed by atoms with Gasteiger partial charge in [0.2, 0.25) is 0 Å². The number of non-ortho nitro benzene ring substituents is 1.